The van der Waals surface area contributed by atoms with Crippen molar-refractivity contribution >= 4 is 51.7 Å². The number of halogens is 2. The van der Waals surface area contributed by atoms with E-state index in [-0.39, 0.29) is 18.0 Å². The van der Waals surface area contributed by atoms with Gasteiger partial charge in [-0.15, -0.1) is 0 Å². The number of carbonyl (C=O) groups excluding carboxylic acids is 1. The van der Waals surface area contributed by atoms with Crippen LogP contribution in [0.3, 0.4) is 0 Å². The highest BCUT2D eigenvalue weighted by atomic mass is 35.5. The number of ether oxygens (including phenoxy) is 2. The van der Waals surface area contributed by atoms with Gasteiger partial charge in [-0.3, -0.25) is 13.9 Å². The lowest BCUT2D eigenvalue weighted by Crippen LogP contribution is -2.37. The van der Waals surface area contributed by atoms with E-state index in [1.807, 2.05) is 19.9 Å². The zero-order chi connectivity index (χ0) is 27.3. The molecule has 2 aromatic carbocycles. The molecule has 196 valence electrons. The van der Waals surface area contributed by atoms with Crippen molar-refractivity contribution in [3.63, 3.8) is 0 Å². The summed E-state index contributed by atoms with van der Waals surface area (Å²) in [5, 5.41) is 4.10. The second kappa shape index (κ2) is 12.1. The Morgan fingerprint density at radius 1 is 1.05 bits per heavy atom. The summed E-state index contributed by atoms with van der Waals surface area (Å²) in [6.45, 7) is 4.09. The van der Waals surface area contributed by atoms with Gasteiger partial charge in [-0.25, -0.2) is 14.6 Å². The Morgan fingerprint density at radius 2 is 1.76 bits per heavy atom. The molecule has 0 saturated carbocycles. The first-order chi connectivity index (χ1) is 17.6. The largest absolute Gasteiger partial charge is 0.435 e. The summed E-state index contributed by atoms with van der Waals surface area (Å²) in [4.78, 5) is 39.3. The van der Waals surface area contributed by atoms with Crippen molar-refractivity contribution < 1.29 is 14.3 Å². The molecule has 0 saturated heterocycles. The second-order valence-corrected chi connectivity index (χ2v) is 8.78. The molecule has 0 radical (unpaired) electrons. The highest BCUT2D eigenvalue weighted by Gasteiger charge is 2.16. The number of carbonyl (C=O) groups is 1. The fraction of sp³-hybridized carbons (Fsp3) is 0.280. The molecule has 0 bridgehead atoms. The van der Waals surface area contributed by atoms with Gasteiger partial charge in [0, 0.05) is 27.7 Å². The second-order valence-electron chi connectivity index (χ2n) is 8.00. The van der Waals surface area contributed by atoms with Crippen LogP contribution >= 0.6 is 23.2 Å². The highest BCUT2D eigenvalue weighted by molar-refractivity contribution is 6.39. The average Bonchev–Trinajstić information content (AvgIpc) is 3.28. The molecule has 0 aliphatic heterocycles. The lowest BCUT2D eigenvalue weighted by Gasteiger charge is -2.15. The Bertz CT molecular complexity index is 1560. The molecule has 4 aromatic rings. The van der Waals surface area contributed by atoms with Crippen LogP contribution in [-0.2, 0) is 30.6 Å². The van der Waals surface area contributed by atoms with Crippen molar-refractivity contribution in [2.75, 3.05) is 18.7 Å². The van der Waals surface area contributed by atoms with Gasteiger partial charge in [-0.1, -0.05) is 41.4 Å². The zero-order valence-corrected chi connectivity index (χ0v) is 22.6. The third kappa shape index (κ3) is 6.04. The number of hydrogen-bond donors (Lipinski definition) is 1. The number of imidazole rings is 1. The van der Waals surface area contributed by atoms with Gasteiger partial charge < -0.3 is 19.4 Å². The fourth-order valence-electron chi connectivity index (χ4n) is 3.40. The van der Waals surface area contributed by atoms with E-state index in [0.29, 0.717) is 44.8 Å². The van der Waals surface area contributed by atoms with Gasteiger partial charge in [0.1, 0.15) is 0 Å². The minimum absolute atomic E-state index is 0.0877. The molecule has 10 nitrogen and oxygen atoms in total. The molecule has 1 N–H and O–H groups in total. The molecule has 0 amide bonds. The van der Waals surface area contributed by atoms with E-state index in [1.54, 1.807) is 49.0 Å². The summed E-state index contributed by atoms with van der Waals surface area (Å²) < 4.78 is 14.1. The van der Waals surface area contributed by atoms with Crippen LogP contribution in [0, 0.1) is 6.92 Å². The number of nitrogens with zero attached hydrogens (tertiary/aromatic N) is 4. The molecule has 12 heteroatoms. The van der Waals surface area contributed by atoms with Gasteiger partial charge in [0.05, 0.1) is 33.3 Å². The number of para-hydroxylation sites is 1. The topological polar surface area (TPSA) is 109 Å². The summed E-state index contributed by atoms with van der Waals surface area (Å²) in [5.74, 6) is -0.485. The summed E-state index contributed by atoms with van der Waals surface area (Å²) in [5.41, 5.74) is 2.55. The molecule has 37 heavy (non-hydrogen) atoms. The number of esters is 1. The van der Waals surface area contributed by atoms with Gasteiger partial charge in [0.2, 0.25) is 0 Å². The van der Waals surface area contributed by atoms with Crippen molar-refractivity contribution in [1.29, 1.82) is 0 Å². The SMILES string of the molecule is CCOCOC(=O)c1ccccc1Nc1c(Cl)ccc(C)c1Cl.Cn1c(=O)c2c(ncn2C)n(C)c1=O. The molecule has 2 aromatic heterocycles. The van der Waals surface area contributed by atoms with E-state index in [2.05, 4.69) is 10.3 Å². The minimum atomic E-state index is -0.485. The Kier molecular flexibility index (Phi) is 9.14. The number of benzene rings is 2. The molecule has 0 spiro atoms. The number of nitrogens with one attached hydrogen (secondary N) is 1. The summed E-state index contributed by atoms with van der Waals surface area (Å²) >= 11 is 12.5. The molecule has 0 aliphatic carbocycles. The van der Waals surface area contributed by atoms with Gasteiger partial charge in [-0.05, 0) is 37.6 Å². The van der Waals surface area contributed by atoms with Crippen molar-refractivity contribution in [2.45, 2.75) is 13.8 Å². The van der Waals surface area contributed by atoms with Gasteiger partial charge in [0.15, 0.2) is 18.0 Å². The lowest BCUT2D eigenvalue weighted by atomic mass is 10.1. The Morgan fingerprint density at radius 3 is 2.46 bits per heavy atom. The summed E-state index contributed by atoms with van der Waals surface area (Å²) in [6, 6.07) is 10.6. The van der Waals surface area contributed by atoms with Gasteiger partial charge in [0.25, 0.3) is 5.56 Å². The van der Waals surface area contributed by atoms with Crippen LogP contribution in [0.25, 0.3) is 11.2 Å². The Hall–Kier alpha value is -3.60. The molecule has 2 heterocycles. The average molecular weight is 548 g/mol. The Labute approximate surface area is 223 Å². The molecule has 0 aliphatic rings. The summed E-state index contributed by atoms with van der Waals surface area (Å²) in [7, 11) is 4.77. The highest BCUT2D eigenvalue weighted by Crippen LogP contribution is 2.36. The van der Waals surface area contributed by atoms with Gasteiger partial charge in [-0.2, -0.15) is 0 Å². The van der Waals surface area contributed by atoms with E-state index in [1.165, 1.54) is 17.9 Å². The van der Waals surface area contributed by atoms with E-state index in [9.17, 15) is 14.4 Å². The first kappa shape index (κ1) is 28.0. The van der Waals surface area contributed by atoms with E-state index in [4.69, 9.17) is 32.7 Å². The first-order valence-electron chi connectivity index (χ1n) is 11.2. The number of hydrogen-bond acceptors (Lipinski definition) is 7. The maximum Gasteiger partial charge on any atom is 0.342 e. The van der Waals surface area contributed by atoms with Crippen LogP contribution in [0.1, 0.15) is 22.8 Å². The molecular formula is C25H27Cl2N5O5. The van der Waals surface area contributed by atoms with E-state index >= 15 is 0 Å². The van der Waals surface area contributed by atoms with E-state index in [0.717, 1.165) is 10.1 Å². The van der Waals surface area contributed by atoms with Crippen LogP contribution < -0.4 is 16.6 Å². The maximum absolute atomic E-state index is 12.2. The van der Waals surface area contributed by atoms with Crippen molar-refractivity contribution in [3.8, 4) is 0 Å². The third-order valence-corrected chi connectivity index (χ3v) is 6.29. The molecular weight excluding hydrogens is 521 g/mol. The van der Waals surface area contributed by atoms with Crippen molar-refractivity contribution in [3.05, 3.63) is 84.7 Å². The molecule has 0 atom stereocenters. The molecule has 0 unspecified atom stereocenters. The number of aromatic nitrogens is 4. The predicted molar refractivity (Wildman–Crippen MR) is 144 cm³/mol. The standard InChI is InChI=1S/C17H17Cl2NO3.C8H10N4O2/c1-3-22-10-23-17(21)12-6-4-5-7-14(12)20-16-13(18)9-8-11(2)15(16)19;1-10-4-9-6-5(10)7(13)12(3)8(14)11(6)2/h4-9,20H,3,10H2,1-2H3;4H,1-3H3. The lowest BCUT2D eigenvalue weighted by molar-refractivity contribution is -0.0273. The maximum atomic E-state index is 12.2. The number of anilines is 2. The van der Waals surface area contributed by atoms with E-state index < -0.39 is 5.97 Å². The molecule has 4 rings (SSSR count). The van der Waals surface area contributed by atoms with Gasteiger partial charge >= 0.3 is 11.7 Å². The summed E-state index contributed by atoms with van der Waals surface area (Å²) in [6.07, 6.45) is 1.52. The number of fused-ring (bicyclic) bond motifs is 1. The van der Waals surface area contributed by atoms with Crippen LogP contribution in [0.2, 0.25) is 10.0 Å². The minimum Gasteiger partial charge on any atom is -0.435 e. The predicted octanol–water partition coefficient (Wildman–Crippen LogP) is 4.17. The third-order valence-electron chi connectivity index (χ3n) is 5.48. The van der Waals surface area contributed by atoms with Crippen LogP contribution in [0.15, 0.2) is 52.3 Å². The van der Waals surface area contributed by atoms with Crippen LogP contribution in [0.4, 0.5) is 11.4 Å². The van der Waals surface area contributed by atoms with Crippen molar-refractivity contribution in [1.82, 2.24) is 18.7 Å². The Balaban J connectivity index is 0.000000231. The van der Waals surface area contributed by atoms with Crippen molar-refractivity contribution in [2.24, 2.45) is 21.1 Å². The van der Waals surface area contributed by atoms with Crippen LogP contribution in [-0.4, -0.2) is 38.1 Å². The number of rotatable bonds is 6. The molecule has 0 fully saturated rings. The zero-order valence-electron chi connectivity index (χ0n) is 21.0. The normalized spacial score (nSPS) is 10.7. The van der Waals surface area contributed by atoms with Crippen LogP contribution in [0.5, 0.6) is 0 Å². The first-order valence-corrected chi connectivity index (χ1v) is 12.0. The quantitative estimate of drug-likeness (QED) is 0.219. The monoisotopic (exact) mass is 547 g/mol. The smallest absolute Gasteiger partial charge is 0.342 e. The fourth-order valence-corrected chi connectivity index (χ4v) is 3.87. The number of aryl methyl sites for hydroxylation is 3.